The van der Waals surface area contributed by atoms with Crippen LogP contribution in [0, 0.1) is 12.3 Å². The van der Waals surface area contributed by atoms with Crippen molar-refractivity contribution in [1.29, 1.82) is 0 Å². The summed E-state index contributed by atoms with van der Waals surface area (Å²) in [7, 11) is 0. The Hall–Kier alpha value is -4.45. The fourth-order valence-corrected chi connectivity index (χ4v) is 5.02. The highest BCUT2D eigenvalue weighted by atomic mass is 16.6. The number of benzene rings is 3. The summed E-state index contributed by atoms with van der Waals surface area (Å²) in [6.07, 6.45) is 0.177. The molecule has 1 aliphatic rings. The second-order valence-electron chi connectivity index (χ2n) is 9.70. The number of ether oxygens (including phenoxy) is 2. The van der Waals surface area contributed by atoms with Crippen LogP contribution < -0.4 is 5.56 Å². The van der Waals surface area contributed by atoms with E-state index in [1.165, 1.54) is 0 Å². The Morgan fingerprint density at radius 3 is 1.71 bits per heavy atom. The van der Waals surface area contributed by atoms with Crippen LogP contribution in [0.25, 0.3) is 0 Å². The van der Waals surface area contributed by atoms with Crippen LogP contribution in [0.15, 0.2) is 102 Å². The third kappa shape index (κ3) is 5.16. The molecule has 1 heterocycles. The van der Waals surface area contributed by atoms with E-state index in [4.69, 9.17) is 9.47 Å². The lowest BCUT2D eigenvalue weighted by Crippen LogP contribution is -2.43. The van der Waals surface area contributed by atoms with Crippen molar-refractivity contribution in [1.82, 2.24) is 4.57 Å². The number of rotatable bonds is 8. The predicted molar refractivity (Wildman–Crippen MR) is 143 cm³/mol. The molecule has 38 heavy (non-hydrogen) atoms. The first-order valence-corrected chi connectivity index (χ1v) is 12.6. The SMILES string of the molecule is Cc1c2c(cc(=O)n1Cc1ccccc1)CC(C(=O)OCc1ccccc1)(C(=O)OCc1ccccc1)C2. The normalized spacial score (nSPS) is 13.5. The van der Waals surface area contributed by atoms with E-state index in [1.807, 2.05) is 97.9 Å². The number of hydrogen-bond donors (Lipinski definition) is 0. The number of hydrogen-bond acceptors (Lipinski definition) is 5. The number of carbonyl (C=O) groups is 2. The molecule has 0 saturated heterocycles. The van der Waals surface area contributed by atoms with E-state index in [9.17, 15) is 14.4 Å². The van der Waals surface area contributed by atoms with Gasteiger partial charge in [-0.1, -0.05) is 91.0 Å². The lowest BCUT2D eigenvalue weighted by atomic mass is 9.84. The van der Waals surface area contributed by atoms with Gasteiger partial charge in [0.2, 0.25) is 0 Å². The second-order valence-corrected chi connectivity index (χ2v) is 9.70. The molecule has 0 radical (unpaired) electrons. The molecule has 1 aliphatic carbocycles. The van der Waals surface area contributed by atoms with Crippen molar-refractivity contribution in [2.75, 3.05) is 0 Å². The highest BCUT2D eigenvalue weighted by Crippen LogP contribution is 2.40. The summed E-state index contributed by atoms with van der Waals surface area (Å²) in [6, 6.07) is 29.9. The third-order valence-electron chi connectivity index (χ3n) is 7.15. The number of esters is 2. The molecule has 1 aromatic heterocycles. The Balaban J connectivity index is 1.45. The molecule has 0 aliphatic heterocycles. The number of nitrogens with zero attached hydrogens (tertiary/aromatic N) is 1. The highest BCUT2D eigenvalue weighted by molar-refractivity contribution is 6.01. The first kappa shape index (κ1) is 25.2. The van der Waals surface area contributed by atoms with E-state index >= 15 is 0 Å². The van der Waals surface area contributed by atoms with Crippen LogP contribution in [0.3, 0.4) is 0 Å². The quantitative estimate of drug-likeness (QED) is 0.254. The molecule has 0 atom stereocenters. The van der Waals surface area contributed by atoms with Gasteiger partial charge in [0.1, 0.15) is 13.2 Å². The largest absolute Gasteiger partial charge is 0.460 e. The molecule has 0 bridgehead atoms. The molecule has 0 fully saturated rings. The lowest BCUT2D eigenvalue weighted by molar-refractivity contribution is -0.173. The van der Waals surface area contributed by atoms with E-state index in [0.717, 1.165) is 27.9 Å². The van der Waals surface area contributed by atoms with Crippen LogP contribution >= 0.6 is 0 Å². The fraction of sp³-hybridized carbons (Fsp3) is 0.219. The van der Waals surface area contributed by atoms with Crippen molar-refractivity contribution in [3.05, 3.63) is 141 Å². The van der Waals surface area contributed by atoms with Gasteiger partial charge >= 0.3 is 11.9 Å². The van der Waals surface area contributed by atoms with Crippen molar-refractivity contribution in [2.45, 2.75) is 39.5 Å². The van der Waals surface area contributed by atoms with Gasteiger partial charge in [-0.15, -0.1) is 0 Å². The molecule has 6 nitrogen and oxygen atoms in total. The van der Waals surface area contributed by atoms with Crippen LogP contribution in [0.5, 0.6) is 0 Å². The maximum Gasteiger partial charge on any atom is 0.324 e. The lowest BCUT2D eigenvalue weighted by Gasteiger charge is -2.25. The van der Waals surface area contributed by atoms with E-state index in [2.05, 4.69) is 0 Å². The smallest absolute Gasteiger partial charge is 0.324 e. The minimum atomic E-state index is -1.56. The van der Waals surface area contributed by atoms with Gasteiger partial charge in [0, 0.05) is 24.6 Å². The zero-order valence-corrected chi connectivity index (χ0v) is 21.3. The molecule has 192 valence electrons. The Kier molecular flexibility index (Phi) is 7.22. The Morgan fingerprint density at radius 2 is 1.21 bits per heavy atom. The molecule has 0 spiro atoms. The maximum absolute atomic E-state index is 13.6. The molecule has 5 rings (SSSR count). The zero-order chi connectivity index (χ0) is 26.5. The van der Waals surface area contributed by atoms with Gasteiger partial charge in [-0.25, -0.2) is 0 Å². The van der Waals surface area contributed by atoms with Crippen molar-refractivity contribution in [3.8, 4) is 0 Å². The maximum atomic E-state index is 13.6. The standard InChI is InChI=1S/C32H29NO5/c1-23-28-19-32(30(35)37-21-25-13-7-3-8-14-25,31(36)38-22-26-15-9-4-10-16-26)18-27(28)17-29(34)33(23)20-24-11-5-2-6-12-24/h2-17H,18-22H2,1H3. The molecule has 4 aromatic rings. The molecule has 6 heteroatoms. The molecular weight excluding hydrogens is 478 g/mol. The second kappa shape index (κ2) is 10.9. The van der Waals surface area contributed by atoms with Gasteiger partial charge < -0.3 is 14.0 Å². The Labute approximate surface area is 221 Å². The third-order valence-corrected chi connectivity index (χ3v) is 7.15. The van der Waals surface area contributed by atoms with Crippen LogP contribution in [0.2, 0.25) is 0 Å². The zero-order valence-electron chi connectivity index (χ0n) is 21.3. The first-order valence-electron chi connectivity index (χ1n) is 12.6. The van der Waals surface area contributed by atoms with Gasteiger partial charge in [-0.2, -0.15) is 0 Å². The van der Waals surface area contributed by atoms with Crippen LogP contribution in [0.4, 0.5) is 0 Å². The van der Waals surface area contributed by atoms with E-state index in [-0.39, 0.29) is 31.6 Å². The highest BCUT2D eigenvalue weighted by Gasteiger charge is 2.54. The van der Waals surface area contributed by atoms with Gasteiger partial charge in [0.25, 0.3) is 5.56 Å². The summed E-state index contributed by atoms with van der Waals surface area (Å²) in [5, 5.41) is 0. The molecule has 0 unspecified atom stereocenters. The van der Waals surface area contributed by atoms with Gasteiger partial charge in [-0.3, -0.25) is 14.4 Å². The fourth-order valence-electron chi connectivity index (χ4n) is 5.02. The summed E-state index contributed by atoms with van der Waals surface area (Å²) in [4.78, 5) is 40.4. The van der Waals surface area contributed by atoms with Gasteiger partial charge in [-0.05, 0) is 34.7 Å². The number of carbonyl (C=O) groups excluding carboxylic acids is 2. The van der Waals surface area contributed by atoms with Crippen molar-refractivity contribution < 1.29 is 19.1 Å². The molecular formula is C32H29NO5. The summed E-state index contributed by atoms with van der Waals surface area (Å²) < 4.78 is 13.1. The molecule has 0 amide bonds. The number of pyridine rings is 1. The van der Waals surface area contributed by atoms with E-state index < -0.39 is 17.4 Å². The minimum Gasteiger partial charge on any atom is -0.460 e. The Bertz CT molecular complexity index is 1440. The van der Waals surface area contributed by atoms with Gasteiger partial charge in [0.05, 0.1) is 6.54 Å². The first-order chi connectivity index (χ1) is 18.5. The van der Waals surface area contributed by atoms with Gasteiger partial charge in [0.15, 0.2) is 5.41 Å². The summed E-state index contributed by atoms with van der Waals surface area (Å²) in [5.74, 6) is -1.28. The number of fused-ring (bicyclic) bond motifs is 1. The topological polar surface area (TPSA) is 74.6 Å². The predicted octanol–water partition coefficient (Wildman–Crippen LogP) is 4.78. The average molecular weight is 508 g/mol. The Morgan fingerprint density at radius 1 is 0.737 bits per heavy atom. The molecule has 0 saturated carbocycles. The summed E-state index contributed by atoms with van der Waals surface area (Å²) >= 11 is 0. The van der Waals surface area contributed by atoms with Crippen LogP contribution in [-0.4, -0.2) is 16.5 Å². The number of aromatic nitrogens is 1. The average Bonchev–Trinajstić information content (AvgIpc) is 3.35. The summed E-state index contributed by atoms with van der Waals surface area (Å²) in [6.45, 7) is 2.36. The molecule has 3 aromatic carbocycles. The van der Waals surface area contributed by atoms with Crippen molar-refractivity contribution in [2.24, 2.45) is 5.41 Å². The van der Waals surface area contributed by atoms with Crippen molar-refractivity contribution in [3.63, 3.8) is 0 Å². The summed E-state index contributed by atoms with van der Waals surface area (Å²) in [5.41, 5.74) is 3.15. The minimum absolute atomic E-state index is 0.0452. The van der Waals surface area contributed by atoms with Crippen molar-refractivity contribution >= 4 is 11.9 Å². The van der Waals surface area contributed by atoms with Crippen LogP contribution in [-0.2, 0) is 51.7 Å². The van der Waals surface area contributed by atoms with E-state index in [1.54, 1.807) is 10.6 Å². The monoisotopic (exact) mass is 507 g/mol. The molecule has 0 N–H and O–H groups in total. The van der Waals surface area contributed by atoms with E-state index in [0.29, 0.717) is 12.1 Å². The van der Waals surface area contributed by atoms with Crippen LogP contribution in [0.1, 0.15) is 33.5 Å².